The van der Waals surface area contributed by atoms with Crippen LogP contribution >= 0.6 is 22.9 Å². The predicted octanol–water partition coefficient (Wildman–Crippen LogP) is 2.87. The number of methoxy groups -OCH3 is 1. The normalized spacial score (nSPS) is 10.3. The van der Waals surface area contributed by atoms with Gasteiger partial charge in [-0.05, 0) is 30.3 Å². The van der Waals surface area contributed by atoms with Gasteiger partial charge < -0.3 is 4.74 Å². The Morgan fingerprint density at radius 3 is 2.85 bits per heavy atom. The summed E-state index contributed by atoms with van der Waals surface area (Å²) in [4.78, 5) is 32.8. The quantitative estimate of drug-likeness (QED) is 0.640. The van der Waals surface area contributed by atoms with E-state index >= 15 is 0 Å². The van der Waals surface area contributed by atoms with Crippen LogP contribution in [0.15, 0.2) is 48.1 Å². The summed E-state index contributed by atoms with van der Waals surface area (Å²) < 4.78 is 5.12. The summed E-state index contributed by atoms with van der Waals surface area (Å²) in [5.41, 5.74) is 6.48. The van der Waals surface area contributed by atoms with Crippen molar-refractivity contribution in [1.29, 1.82) is 0 Å². The van der Waals surface area contributed by atoms with E-state index in [2.05, 4.69) is 20.8 Å². The highest BCUT2D eigenvalue weighted by Crippen LogP contribution is 2.23. The molecule has 7 nitrogen and oxygen atoms in total. The van der Waals surface area contributed by atoms with Crippen LogP contribution in [0.4, 0.5) is 0 Å². The molecule has 2 aromatic heterocycles. The molecule has 0 aliphatic rings. The van der Waals surface area contributed by atoms with Gasteiger partial charge in [0.25, 0.3) is 5.91 Å². The van der Waals surface area contributed by atoms with Crippen LogP contribution in [0.5, 0.6) is 5.75 Å². The lowest BCUT2D eigenvalue weighted by Gasteiger charge is -2.10. The standard InChI is InChI=1S/C18H15ClN4O3S/c1-26-15-7-12(19)4-5-14(15)17(25)23-22-16(24)8-13-10-27-18(21-13)11-3-2-6-20-9-11/h2-7,9-10H,8H2,1H3,(H,22,24)(H,23,25). The maximum atomic E-state index is 12.2. The van der Waals surface area contributed by atoms with Gasteiger partial charge in [0.2, 0.25) is 5.91 Å². The number of carbonyl (C=O) groups excluding carboxylic acids is 2. The van der Waals surface area contributed by atoms with Gasteiger partial charge in [-0.1, -0.05) is 11.6 Å². The van der Waals surface area contributed by atoms with E-state index in [4.69, 9.17) is 16.3 Å². The summed E-state index contributed by atoms with van der Waals surface area (Å²) in [5.74, 6) is -0.583. The van der Waals surface area contributed by atoms with Gasteiger partial charge in [-0.3, -0.25) is 25.4 Å². The third-order valence-corrected chi connectivity index (χ3v) is 4.70. The Bertz CT molecular complexity index is 962. The van der Waals surface area contributed by atoms with Gasteiger partial charge >= 0.3 is 0 Å². The Kier molecular flexibility index (Phi) is 6.00. The molecule has 0 radical (unpaired) electrons. The number of hydrazine groups is 1. The maximum Gasteiger partial charge on any atom is 0.273 e. The van der Waals surface area contributed by atoms with Crippen LogP contribution in [0.25, 0.3) is 10.6 Å². The number of nitrogens with zero attached hydrogens (tertiary/aromatic N) is 2. The lowest BCUT2D eigenvalue weighted by molar-refractivity contribution is -0.121. The average molecular weight is 403 g/mol. The predicted molar refractivity (Wildman–Crippen MR) is 103 cm³/mol. The second-order valence-electron chi connectivity index (χ2n) is 5.41. The van der Waals surface area contributed by atoms with E-state index in [-0.39, 0.29) is 17.9 Å². The molecule has 27 heavy (non-hydrogen) atoms. The molecule has 0 aliphatic heterocycles. The van der Waals surface area contributed by atoms with Crippen molar-refractivity contribution >= 4 is 34.8 Å². The molecule has 2 amide bonds. The SMILES string of the molecule is COc1cc(Cl)ccc1C(=O)NNC(=O)Cc1csc(-c2cccnc2)n1. The zero-order valence-electron chi connectivity index (χ0n) is 14.2. The van der Waals surface area contributed by atoms with Crippen molar-refractivity contribution in [2.24, 2.45) is 0 Å². The van der Waals surface area contributed by atoms with Crippen molar-refractivity contribution in [3.63, 3.8) is 0 Å². The van der Waals surface area contributed by atoms with E-state index in [1.807, 2.05) is 12.1 Å². The Morgan fingerprint density at radius 1 is 1.26 bits per heavy atom. The third kappa shape index (κ3) is 4.81. The van der Waals surface area contributed by atoms with Crippen molar-refractivity contribution in [2.75, 3.05) is 7.11 Å². The maximum absolute atomic E-state index is 12.2. The number of ether oxygens (including phenoxy) is 1. The molecule has 138 valence electrons. The molecule has 0 saturated heterocycles. The first-order valence-electron chi connectivity index (χ1n) is 7.84. The number of amides is 2. The number of benzene rings is 1. The molecule has 1 aromatic carbocycles. The number of hydrogen-bond donors (Lipinski definition) is 2. The van der Waals surface area contributed by atoms with Crippen LogP contribution in [0.2, 0.25) is 5.02 Å². The Balaban J connectivity index is 1.57. The molecule has 9 heteroatoms. The van der Waals surface area contributed by atoms with Crippen LogP contribution in [-0.4, -0.2) is 28.9 Å². The molecular weight excluding hydrogens is 388 g/mol. The summed E-state index contributed by atoms with van der Waals surface area (Å²) in [6, 6.07) is 8.33. The monoisotopic (exact) mass is 402 g/mol. The lowest BCUT2D eigenvalue weighted by atomic mass is 10.2. The van der Waals surface area contributed by atoms with Crippen LogP contribution in [0.1, 0.15) is 16.1 Å². The van der Waals surface area contributed by atoms with Gasteiger partial charge in [-0.15, -0.1) is 11.3 Å². The highest BCUT2D eigenvalue weighted by Gasteiger charge is 2.14. The largest absolute Gasteiger partial charge is 0.496 e. The van der Waals surface area contributed by atoms with Gasteiger partial charge in [0, 0.05) is 28.4 Å². The minimum Gasteiger partial charge on any atom is -0.496 e. The molecule has 0 spiro atoms. The summed E-state index contributed by atoms with van der Waals surface area (Å²) >= 11 is 7.30. The molecule has 2 heterocycles. The molecule has 3 rings (SSSR count). The van der Waals surface area contributed by atoms with E-state index in [9.17, 15) is 9.59 Å². The molecule has 2 N–H and O–H groups in total. The van der Waals surface area contributed by atoms with Crippen molar-refractivity contribution in [2.45, 2.75) is 6.42 Å². The van der Waals surface area contributed by atoms with E-state index in [0.717, 1.165) is 10.6 Å². The minimum absolute atomic E-state index is 0.0365. The van der Waals surface area contributed by atoms with Crippen molar-refractivity contribution < 1.29 is 14.3 Å². The van der Waals surface area contributed by atoms with Gasteiger partial charge in [-0.2, -0.15) is 0 Å². The van der Waals surface area contributed by atoms with Crippen molar-refractivity contribution in [3.8, 4) is 16.3 Å². The van der Waals surface area contributed by atoms with Crippen LogP contribution < -0.4 is 15.6 Å². The summed E-state index contributed by atoms with van der Waals surface area (Å²) in [6.07, 6.45) is 3.43. The molecule has 0 atom stereocenters. The van der Waals surface area contributed by atoms with Gasteiger partial charge in [0.15, 0.2) is 0 Å². The molecule has 0 fully saturated rings. The number of rotatable bonds is 5. The first kappa shape index (κ1) is 18.8. The Morgan fingerprint density at radius 2 is 2.11 bits per heavy atom. The van der Waals surface area contributed by atoms with E-state index in [1.54, 1.807) is 23.8 Å². The second-order valence-corrected chi connectivity index (χ2v) is 6.70. The first-order valence-corrected chi connectivity index (χ1v) is 9.10. The highest BCUT2D eigenvalue weighted by atomic mass is 35.5. The molecular formula is C18H15ClN4O3S. The number of aromatic nitrogens is 2. The molecule has 3 aromatic rings. The smallest absolute Gasteiger partial charge is 0.273 e. The van der Waals surface area contributed by atoms with Gasteiger partial charge in [0.05, 0.1) is 24.8 Å². The number of nitrogens with one attached hydrogen (secondary N) is 2. The topological polar surface area (TPSA) is 93.2 Å². The number of pyridine rings is 1. The molecule has 0 saturated carbocycles. The fraction of sp³-hybridized carbons (Fsp3) is 0.111. The fourth-order valence-corrected chi connectivity index (χ4v) is 3.24. The second kappa shape index (κ2) is 8.61. The Labute approximate surface area is 164 Å². The lowest BCUT2D eigenvalue weighted by Crippen LogP contribution is -2.42. The third-order valence-electron chi connectivity index (χ3n) is 3.53. The molecule has 0 aliphatic carbocycles. The Hall–Kier alpha value is -2.97. The van der Waals surface area contributed by atoms with E-state index in [1.165, 1.54) is 30.6 Å². The van der Waals surface area contributed by atoms with Crippen LogP contribution in [0, 0.1) is 0 Å². The minimum atomic E-state index is -0.508. The fourth-order valence-electron chi connectivity index (χ4n) is 2.27. The first-order chi connectivity index (χ1) is 13.1. The molecule has 0 unspecified atom stereocenters. The number of carbonyl (C=O) groups is 2. The van der Waals surface area contributed by atoms with Crippen molar-refractivity contribution in [3.05, 3.63) is 64.4 Å². The summed E-state index contributed by atoms with van der Waals surface area (Å²) in [6.45, 7) is 0. The van der Waals surface area contributed by atoms with E-state index in [0.29, 0.717) is 16.5 Å². The zero-order chi connectivity index (χ0) is 19.2. The molecule has 0 bridgehead atoms. The summed E-state index contributed by atoms with van der Waals surface area (Å²) in [7, 11) is 1.43. The number of hydrogen-bond acceptors (Lipinski definition) is 6. The summed E-state index contributed by atoms with van der Waals surface area (Å²) in [5, 5.41) is 3.02. The van der Waals surface area contributed by atoms with Crippen LogP contribution in [-0.2, 0) is 11.2 Å². The van der Waals surface area contributed by atoms with Crippen molar-refractivity contribution in [1.82, 2.24) is 20.8 Å². The van der Waals surface area contributed by atoms with Gasteiger partial charge in [0.1, 0.15) is 10.8 Å². The number of halogens is 1. The van der Waals surface area contributed by atoms with Gasteiger partial charge in [-0.25, -0.2) is 4.98 Å². The van der Waals surface area contributed by atoms with E-state index < -0.39 is 5.91 Å². The average Bonchev–Trinajstić information content (AvgIpc) is 3.15. The highest BCUT2D eigenvalue weighted by molar-refractivity contribution is 7.13. The van der Waals surface area contributed by atoms with Crippen LogP contribution in [0.3, 0.4) is 0 Å². The number of thiazole rings is 1. The zero-order valence-corrected chi connectivity index (χ0v) is 15.8.